The number of benzene rings is 1. The first-order valence-corrected chi connectivity index (χ1v) is 8.84. The van der Waals surface area contributed by atoms with Crippen LogP contribution in [0, 0.1) is 5.92 Å². The van der Waals surface area contributed by atoms with Gasteiger partial charge in [-0.1, -0.05) is 30.3 Å². The van der Waals surface area contributed by atoms with E-state index in [1.165, 1.54) is 37.9 Å². The molecule has 1 aromatic carbocycles. The molecule has 0 radical (unpaired) electrons. The molecule has 122 valence electrons. The third kappa shape index (κ3) is 4.09. The van der Waals surface area contributed by atoms with Gasteiger partial charge in [-0.3, -0.25) is 4.90 Å². The Morgan fingerprint density at radius 1 is 1.14 bits per heavy atom. The number of ether oxygens (including phenoxy) is 2. The van der Waals surface area contributed by atoms with Crippen LogP contribution in [0.2, 0.25) is 0 Å². The van der Waals surface area contributed by atoms with Crippen LogP contribution in [0.4, 0.5) is 0 Å². The zero-order valence-corrected chi connectivity index (χ0v) is 13.7. The summed E-state index contributed by atoms with van der Waals surface area (Å²) in [4.78, 5) is 2.68. The molecule has 0 saturated carbocycles. The molecule has 3 rings (SSSR count). The van der Waals surface area contributed by atoms with E-state index in [0.717, 1.165) is 32.2 Å². The summed E-state index contributed by atoms with van der Waals surface area (Å²) in [7, 11) is 0. The summed E-state index contributed by atoms with van der Waals surface area (Å²) in [5.41, 5.74) is 1.43. The van der Waals surface area contributed by atoms with Crippen molar-refractivity contribution in [2.45, 2.75) is 44.8 Å². The lowest BCUT2D eigenvalue weighted by molar-refractivity contribution is 0.0198. The van der Waals surface area contributed by atoms with Gasteiger partial charge in [0.25, 0.3) is 0 Å². The predicted octanol–water partition coefficient (Wildman–Crippen LogP) is 3.14. The summed E-state index contributed by atoms with van der Waals surface area (Å²) >= 11 is 0. The summed E-state index contributed by atoms with van der Waals surface area (Å²) in [5.74, 6) is 0.799. The van der Waals surface area contributed by atoms with Crippen LogP contribution in [-0.2, 0) is 15.9 Å². The second kappa shape index (κ2) is 8.09. The monoisotopic (exact) mass is 303 g/mol. The van der Waals surface area contributed by atoms with Gasteiger partial charge in [-0.25, -0.2) is 0 Å². The van der Waals surface area contributed by atoms with Crippen LogP contribution >= 0.6 is 0 Å². The van der Waals surface area contributed by atoms with Crippen molar-refractivity contribution in [2.75, 3.05) is 32.9 Å². The molecule has 2 saturated heterocycles. The molecular weight excluding hydrogens is 274 g/mol. The summed E-state index contributed by atoms with van der Waals surface area (Å²) < 4.78 is 11.5. The Bertz CT molecular complexity index is 430. The van der Waals surface area contributed by atoms with E-state index in [1.807, 2.05) is 0 Å². The van der Waals surface area contributed by atoms with Crippen molar-refractivity contribution in [3.8, 4) is 0 Å². The van der Waals surface area contributed by atoms with Crippen LogP contribution in [0.3, 0.4) is 0 Å². The van der Waals surface area contributed by atoms with Gasteiger partial charge in [0.1, 0.15) is 0 Å². The smallest absolute Gasteiger partial charge is 0.0745 e. The SMILES string of the molecule is CCO[C@@H]1CCN(CC2CCOCC2)[C@@H]1Cc1ccccc1. The van der Waals surface area contributed by atoms with Gasteiger partial charge >= 0.3 is 0 Å². The minimum Gasteiger partial charge on any atom is -0.381 e. The lowest BCUT2D eigenvalue weighted by Crippen LogP contribution is -2.41. The van der Waals surface area contributed by atoms with Gasteiger partial charge in [0.05, 0.1) is 6.10 Å². The van der Waals surface area contributed by atoms with Gasteiger partial charge in [0.2, 0.25) is 0 Å². The molecule has 1 aromatic rings. The first-order chi connectivity index (χ1) is 10.9. The van der Waals surface area contributed by atoms with Crippen molar-refractivity contribution in [3.05, 3.63) is 35.9 Å². The fraction of sp³-hybridized carbons (Fsp3) is 0.684. The van der Waals surface area contributed by atoms with E-state index in [-0.39, 0.29) is 0 Å². The molecule has 2 fully saturated rings. The van der Waals surface area contributed by atoms with E-state index in [2.05, 4.69) is 42.2 Å². The molecule has 0 bridgehead atoms. The average Bonchev–Trinajstić information content (AvgIpc) is 2.92. The maximum absolute atomic E-state index is 6.04. The van der Waals surface area contributed by atoms with Gasteiger partial charge in [-0.15, -0.1) is 0 Å². The van der Waals surface area contributed by atoms with Gasteiger partial charge in [0, 0.05) is 39.0 Å². The van der Waals surface area contributed by atoms with Crippen LogP contribution < -0.4 is 0 Å². The molecule has 0 aliphatic carbocycles. The summed E-state index contributed by atoms with van der Waals surface area (Å²) in [6.45, 7) is 7.21. The van der Waals surface area contributed by atoms with Gasteiger partial charge < -0.3 is 9.47 Å². The summed E-state index contributed by atoms with van der Waals surface area (Å²) in [5, 5.41) is 0. The topological polar surface area (TPSA) is 21.7 Å². The molecule has 0 aromatic heterocycles. The molecular formula is C19H29NO2. The highest BCUT2D eigenvalue weighted by atomic mass is 16.5. The molecule has 3 heteroatoms. The lowest BCUT2D eigenvalue weighted by atomic mass is 9.97. The third-order valence-electron chi connectivity index (χ3n) is 5.10. The largest absolute Gasteiger partial charge is 0.381 e. The Balaban J connectivity index is 1.64. The molecule has 2 aliphatic rings. The first kappa shape index (κ1) is 16.0. The Morgan fingerprint density at radius 3 is 2.64 bits per heavy atom. The third-order valence-corrected chi connectivity index (χ3v) is 5.10. The number of likely N-dealkylation sites (tertiary alicyclic amines) is 1. The Labute approximate surface area is 134 Å². The Morgan fingerprint density at radius 2 is 1.91 bits per heavy atom. The molecule has 0 amide bonds. The van der Waals surface area contributed by atoms with E-state index in [0.29, 0.717) is 12.1 Å². The standard InChI is InChI=1S/C19H29NO2/c1-2-22-19-8-11-20(15-17-9-12-21-13-10-17)18(19)14-16-6-4-3-5-7-16/h3-7,17-19H,2,8-15H2,1H3/t18-,19-/m1/s1. The van der Waals surface area contributed by atoms with Crippen molar-refractivity contribution in [3.63, 3.8) is 0 Å². The van der Waals surface area contributed by atoms with Crippen LogP contribution in [0.5, 0.6) is 0 Å². The van der Waals surface area contributed by atoms with Crippen LogP contribution in [0.15, 0.2) is 30.3 Å². The normalized spacial score (nSPS) is 27.3. The fourth-order valence-corrected chi connectivity index (χ4v) is 3.90. The van der Waals surface area contributed by atoms with E-state index >= 15 is 0 Å². The minimum atomic E-state index is 0.394. The van der Waals surface area contributed by atoms with Crippen molar-refractivity contribution in [1.82, 2.24) is 4.90 Å². The molecule has 0 spiro atoms. The highest BCUT2D eigenvalue weighted by molar-refractivity contribution is 5.17. The lowest BCUT2D eigenvalue weighted by Gasteiger charge is -2.32. The zero-order valence-electron chi connectivity index (χ0n) is 13.7. The molecule has 0 unspecified atom stereocenters. The quantitative estimate of drug-likeness (QED) is 0.806. The Hall–Kier alpha value is -0.900. The van der Waals surface area contributed by atoms with Crippen LogP contribution in [-0.4, -0.2) is 50.0 Å². The zero-order chi connectivity index (χ0) is 15.2. The molecule has 3 nitrogen and oxygen atoms in total. The van der Waals surface area contributed by atoms with Crippen molar-refractivity contribution in [1.29, 1.82) is 0 Å². The highest BCUT2D eigenvalue weighted by Gasteiger charge is 2.35. The summed E-state index contributed by atoms with van der Waals surface area (Å²) in [6, 6.07) is 11.4. The minimum absolute atomic E-state index is 0.394. The van der Waals surface area contributed by atoms with Crippen molar-refractivity contribution in [2.24, 2.45) is 5.92 Å². The molecule has 22 heavy (non-hydrogen) atoms. The maximum atomic E-state index is 6.04. The number of rotatable bonds is 6. The predicted molar refractivity (Wildman–Crippen MR) is 89.1 cm³/mol. The molecule has 2 heterocycles. The van der Waals surface area contributed by atoms with Gasteiger partial charge in [-0.2, -0.15) is 0 Å². The van der Waals surface area contributed by atoms with E-state index in [4.69, 9.17) is 9.47 Å². The van der Waals surface area contributed by atoms with Crippen molar-refractivity contribution >= 4 is 0 Å². The second-order valence-electron chi connectivity index (χ2n) is 6.59. The number of nitrogens with zero attached hydrogens (tertiary/aromatic N) is 1. The van der Waals surface area contributed by atoms with E-state index in [1.54, 1.807) is 0 Å². The first-order valence-electron chi connectivity index (χ1n) is 8.84. The average molecular weight is 303 g/mol. The number of hydrogen-bond donors (Lipinski definition) is 0. The van der Waals surface area contributed by atoms with Crippen LogP contribution in [0.1, 0.15) is 31.7 Å². The van der Waals surface area contributed by atoms with Gasteiger partial charge in [0.15, 0.2) is 0 Å². The second-order valence-corrected chi connectivity index (χ2v) is 6.59. The molecule has 2 atom stereocenters. The molecule has 2 aliphatic heterocycles. The summed E-state index contributed by atoms with van der Waals surface area (Å²) in [6.07, 6.45) is 5.11. The fourth-order valence-electron chi connectivity index (χ4n) is 3.90. The van der Waals surface area contributed by atoms with Gasteiger partial charge in [-0.05, 0) is 44.1 Å². The molecule has 0 N–H and O–H groups in total. The maximum Gasteiger partial charge on any atom is 0.0745 e. The Kier molecular flexibility index (Phi) is 5.88. The number of hydrogen-bond acceptors (Lipinski definition) is 3. The van der Waals surface area contributed by atoms with Crippen molar-refractivity contribution < 1.29 is 9.47 Å². The highest BCUT2D eigenvalue weighted by Crippen LogP contribution is 2.27. The van der Waals surface area contributed by atoms with E-state index in [9.17, 15) is 0 Å². The van der Waals surface area contributed by atoms with E-state index < -0.39 is 0 Å². The van der Waals surface area contributed by atoms with Crippen LogP contribution in [0.25, 0.3) is 0 Å².